The molecule has 1 aromatic rings. The maximum atomic E-state index is 10.0. The summed E-state index contributed by atoms with van der Waals surface area (Å²) in [7, 11) is 2.16. The average molecular weight is 327 g/mol. The van der Waals surface area contributed by atoms with Gasteiger partial charge in [-0.1, -0.05) is 19.1 Å². The molecule has 1 fully saturated rings. The standard InChI is InChI=1S/C15H23BrN2O/c1-3-18-9-7-13(8-10-18)17(2)11-12-5-4-6-14(16)15(12)19/h4-6,13,19H,3,7-11H2,1-2H3. The summed E-state index contributed by atoms with van der Waals surface area (Å²) in [6.07, 6.45) is 2.44. The highest BCUT2D eigenvalue weighted by Crippen LogP contribution is 2.29. The molecule has 0 saturated carbocycles. The van der Waals surface area contributed by atoms with E-state index in [-0.39, 0.29) is 0 Å². The van der Waals surface area contributed by atoms with E-state index in [0.29, 0.717) is 11.8 Å². The van der Waals surface area contributed by atoms with E-state index in [0.717, 1.165) is 23.1 Å². The zero-order valence-electron chi connectivity index (χ0n) is 11.8. The number of rotatable bonds is 4. The number of aromatic hydroxyl groups is 1. The van der Waals surface area contributed by atoms with E-state index in [9.17, 15) is 5.11 Å². The number of piperidine rings is 1. The van der Waals surface area contributed by atoms with Crippen molar-refractivity contribution >= 4 is 15.9 Å². The highest BCUT2D eigenvalue weighted by Gasteiger charge is 2.22. The molecule has 3 nitrogen and oxygen atoms in total. The van der Waals surface area contributed by atoms with E-state index in [2.05, 4.69) is 39.7 Å². The van der Waals surface area contributed by atoms with Crippen LogP contribution in [0, 0.1) is 0 Å². The number of phenols is 1. The van der Waals surface area contributed by atoms with Crippen LogP contribution in [0.3, 0.4) is 0 Å². The number of likely N-dealkylation sites (tertiary alicyclic amines) is 1. The average Bonchev–Trinajstić information content (AvgIpc) is 2.44. The summed E-state index contributed by atoms with van der Waals surface area (Å²) in [6.45, 7) is 6.57. The van der Waals surface area contributed by atoms with Gasteiger partial charge in [0.25, 0.3) is 0 Å². The zero-order valence-corrected chi connectivity index (χ0v) is 13.4. The lowest BCUT2D eigenvalue weighted by Crippen LogP contribution is -2.42. The summed E-state index contributed by atoms with van der Waals surface area (Å²) in [4.78, 5) is 4.87. The number of benzene rings is 1. The topological polar surface area (TPSA) is 26.7 Å². The number of hydrogen-bond donors (Lipinski definition) is 1. The summed E-state index contributed by atoms with van der Waals surface area (Å²) in [5, 5.41) is 10.0. The van der Waals surface area contributed by atoms with Crippen molar-refractivity contribution in [3.8, 4) is 5.75 Å². The van der Waals surface area contributed by atoms with E-state index in [1.807, 2.05) is 18.2 Å². The minimum atomic E-state index is 0.375. The lowest BCUT2D eigenvalue weighted by molar-refractivity contribution is 0.126. The summed E-state index contributed by atoms with van der Waals surface area (Å²) >= 11 is 3.37. The van der Waals surface area contributed by atoms with Gasteiger partial charge in [-0.2, -0.15) is 0 Å². The number of para-hydroxylation sites is 1. The Balaban J connectivity index is 1.94. The minimum absolute atomic E-state index is 0.375. The molecule has 0 radical (unpaired) electrons. The van der Waals surface area contributed by atoms with Crippen molar-refractivity contribution in [2.24, 2.45) is 0 Å². The first-order chi connectivity index (χ1) is 9.11. The maximum absolute atomic E-state index is 10.0. The lowest BCUT2D eigenvalue weighted by atomic mass is 10.0. The van der Waals surface area contributed by atoms with Crippen molar-refractivity contribution in [3.05, 3.63) is 28.2 Å². The predicted molar refractivity (Wildman–Crippen MR) is 82.4 cm³/mol. The first kappa shape index (κ1) is 14.8. The first-order valence-electron chi connectivity index (χ1n) is 7.00. The smallest absolute Gasteiger partial charge is 0.134 e. The van der Waals surface area contributed by atoms with Gasteiger partial charge < -0.3 is 10.0 Å². The van der Waals surface area contributed by atoms with Crippen LogP contribution >= 0.6 is 15.9 Å². The Morgan fingerprint density at radius 2 is 2.05 bits per heavy atom. The SMILES string of the molecule is CCN1CCC(N(C)Cc2cccc(Br)c2O)CC1. The second-order valence-corrected chi connectivity index (χ2v) is 6.18. The fourth-order valence-electron chi connectivity index (χ4n) is 2.76. The van der Waals surface area contributed by atoms with Crippen LogP contribution in [0.5, 0.6) is 5.75 Å². The van der Waals surface area contributed by atoms with Gasteiger partial charge in [0.1, 0.15) is 5.75 Å². The van der Waals surface area contributed by atoms with E-state index >= 15 is 0 Å². The largest absolute Gasteiger partial charge is 0.506 e. The highest BCUT2D eigenvalue weighted by molar-refractivity contribution is 9.10. The Bertz CT molecular complexity index is 417. The van der Waals surface area contributed by atoms with Gasteiger partial charge in [-0.25, -0.2) is 0 Å². The van der Waals surface area contributed by atoms with E-state index < -0.39 is 0 Å². The fraction of sp³-hybridized carbons (Fsp3) is 0.600. The molecule has 0 aromatic heterocycles. The van der Waals surface area contributed by atoms with Gasteiger partial charge in [0.2, 0.25) is 0 Å². The monoisotopic (exact) mass is 326 g/mol. The fourth-order valence-corrected chi connectivity index (χ4v) is 3.17. The maximum Gasteiger partial charge on any atom is 0.134 e. The van der Waals surface area contributed by atoms with Gasteiger partial charge in [0, 0.05) is 18.2 Å². The molecule has 4 heteroatoms. The van der Waals surface area contributed by atoms with Crippen LogP contribution in [0.1, 0.15) is 25.3 Å². The van der Waals surface area contributed by atoms with Crippen LogP contribution < -0.4 is 0 Å². The van der Waals surface area contributed by atoms with Crippen molar-refractivity contribution in [2.75, 3.05) is 26.7 Å². The zero-order chi connectivity index (χ0) is 13.8. The Morgan fingerprint density at radius 3 is 2.68 bits per heavy atom. The van der Waals surface area contributed by atoms with Crippen LogP contribution in [-0.4, -0.2) is 47.6 Å². The molecule has 0 spiro atoms. The Morgan fingerprint density at radius 1 is 1.37 bits per heavy atom. The second-order valence-electron chi connectivity index (χ2n) is 5.33. The molecule has 0 unspecified atom stereocenters. The molecule has 1 aromatic carbocycles. The van der Waals surface area contributed by atoms with Crippen LogP contribution in [0.4, 0.5) is 0 Å². The Kier molecular flexibility index (Phi) is 5.25. The third-order valence-electron chi connectivity index (χ3n) is 4.12. The minimum Gasteiger partial charge on any atom is -0.506 e. The molecule has 1 aliphatic rings. The normalized spacial score (nSPS) is 18.1. The molecule has 106 valence electrons. The van der Waals surface area contributed by atoms with Crippen LogP contribution in [0.2, 0.25) is 0 Å². The van der Waals surface area contributed by atoms with Crippen LogP contribution in [0.25, 0.3) is 0 Å². The van der Waals surface area contributed by atoms with Crippen LogP contribution in [-0.2, 0) is 6.54 Å². The summed E-state index contributed by atoms with van der Waals surface area (Å²) < 4.78 is 0.777. The van der Waals surface area contributed by atoms with Gasteiger partial charge in [-0.15, -0.1) is 0 Å². The number of phenolic OH excluding ortho intramolecular Hbond substituents is 1. The molecular formula is C15H23BrN2O. The van der Waals surface area contributed by atoms with Gasteiger partial charge in [-0.05, 0) is 61.5 Å². The third kappa shape index (κ3) is 3.71. The number of hydrogen-bond acceptors (Lipinski definition) is 3. The molecule has 2 rings (SSSR count). The van der Waals surface area contributed by atoms with Crippen molar-refractivity contribution in [1.29, 1.82) is 0 Å². The molecule has 19 heavy (non-hydrogen) atoms. The number of nitrogens with zero attached hydrogens (tertiary/aromatic N) is 2. The van der Waals surface area contributed by atoms with Gasteiger partial charge >= 0.3 is 0 Å². The van der Waals surface area contributed by atoms with Crippen LogP contribution in [0.15, 0.2) is 22.7 Å². The molecular weight excluding hydrogens is 304 g/mol. The molecule has 1 aliphatic heterocycles. The van der Waals surface area contributed by atoms with Gasteiger partial charge in [-0.3, -0.25) is 4.90 Å². The third-order valence-corrected chi connectivity index (χ3v) is 4.76. The second kappa shape index (κ2) is 6.73. The number of halogens is 1. The Labute approximate surface area is 124 Å². The molecule has 0 atom stereocenters. The quantitative estimate of drug-likeness (QED) is 0.921. The van der Waals surface area contributed by atoms with E-state index in [1.165, 1.54) is 25.9 Å². The highest BCUT2D eigenvalue weighted by atomic mass is 79.9. The van der Waals surface area contributed by atoms with Gasteiger partial charge in [0.05, 0.1) is 4.47 Å². The molecule has 0 amide bonds. The summed E-state index contributed by atoms with van der Waals surface area (Å²) in [5.74, 6) is 0.375. The van der Waals surface area contributed by atoms with Crippen molar-refractivity contribution in [1.82, 2.24) is 9.80 Å². The summed E-state index contributed by atoms with van der Waals surface area (Å²) in [6, 6.07) is 6.48. The van der Waals surface area contributed by atoms with Gasteiger partial charge in [0.15, 0.2) is 0 Å². The van der Waals surface area contributed by atoms with E-state index in [1.54, 1.807) is 0 Å². The van der Waals surface area contributed by atoms with Crippen molar-refractivity contribution in [3.63, 3.8) is 0 Å². The van der Waals surface area contributed by atoms with Crippen molar-refractivity contribution in [2.45, 2.75) is 32.4 Å². The predicted octanol–water partition coefficient (Wildman–Crippen LogP) is 3.07. The molecule has 1 heterocycles. The molecule has 0 bridgehead atoms. The molecule has 0 aliphatic carbocycles. The lowest BCUT2D eigenvalue weighted by Gasteiger charge is -2.36. The summed E-state index contributed by atoms with van der Waals surface area (Å²) in [5.41, 5.74) is 0.995. The molecule has 1 saturated heterocycles. The Hall–Kier alpha value is -0.580. The van der Waals surface area contributed by atoms with E-state index in [4.69, 9.17) is 0 Å². The molecule has 1 N–H and O–H groups in total. The first-order valence-corrected chi connectivity index (χ1v) is 7.80. The van der Waals surface area contributed by atoms with Crippen molar-refractivity contribution < 1.29 is 5.11 Å².